The van der Waals surface area contributed by atoms with Crippen LogP contribution in [0.4, 0.5) is 0 Å². The summed E-state index contributed by atoms with van der Waals surface area (Å²) in [5, 5.41) is 11.4. The Kier molecular flexibility index (Phi) is 7.59. The van der Waals surface area contributed by atoms with Crippen molar-refractivity contribution >= 4 is 11.9 Å². The van der Waals surface area contributed by atoms with Crippen molar-refractivity contribution in [3.8, 4) is 0 Å². The molecule has 17 heavy (non-hydrogen) atoms. The zero-order valence-electron chi connectivity index (χ0n) is 11.3. The fourth-order valence-electron chi connectivity index (χ4n) is 2.02. The Bertz CT molecular complexity index is 249. The second-order valence-corrected chi connectivity index (χ2v) is 4.81. The van der Waals surface area contributed by atoms with Crippen LogP contribution < -0.4 is 5.32 Å². The lowest BCUT2D eigenvalue weighted by atomic mass is 9.88. The van der Waals surface area contributed by atoms with Gasteiger partial charge in [0.25, 0.3) is 0 Å². The summed E-state index contributed by atoms with van der Waals surface area (Å²) in [6.45, 7) is 8.39. The van der Waals surface area contributed by atoms with Crippen LogP contribution >= 0.6 is 0 Å². The summed E-state index contributed by atoms with van der Waals surface area (Å²) in [4.78, 5) is 22.3. The van der Waals surface area contributed by atoms with Gasteiger partial charge in [-0.05, 0) is 11.8 Å². The monoisotopic (exact) mass is 243 g/mol. The summed E-state index contributed by atoms with van der Waals surface area (Å²) in [5.41, 5.74) is 0. The van der Waals surface area contributed by atoms with Crippen LogP contribution in [0.15, 0.2) is 0 Å². The molecule has 0 fully saturated rings. The van der Waals surface area contributed by atoms with Gasteiger partial charge in [0.2, 0.25) is 5.91 Å². The van der Waals surface area contributed by atoms with Gasteiger partial charge in [0.1, 0.15) is 0 Å². The third-order valence-corrected chi connectivity index (χ3v) is 3.32. The largest absolute Gasteiger partial charge is 0.481 e. The summed E-state index contributed by atoms with van der Waals surface area (Å²) >= 11 is 0. The smallest absolute Gasteiger partial charge is 0.303 e. The Balaban J connectivity index is 4.04. The van der Waals surface area contributed by atoms with Crippen molar-refractivity contribution in [3.63, 3.8) is 0 Å². The predicted molar refractivity (Wildman–Crippen MR) is 67.7 cm³/mol. The number of carbonyl (C=O) groups is 2. The zero-order valence-corrected chi connectivity index (χ0v) is 11.3. The number of carboxylic acids is 1. The Morgan fingerprint density at radius 2 is 1.71 bits per heavy atom. The van der Waals surface area contributed by atoms with Crippen LogP contribution in [0.25, 0.3) is 0 Å². The first kappa shape index (κ1) is 15.9. The normalized spacial score (nSPS) is 14.4. The minimum Gasteiger partial charge on any atom is -0.481 e. The summed E-state index contributed by atoms with van der Waals surface area (Å²) < 4.78 is 0. The number of carbonyl (C=O) groups excluding carboxylic acids is 1. The number of amides is 1. The average molecular weight is 243 g/mol. The molecular weight excluding hydrogens is 218 g/mol. The van der Waals surface area contributed by atoms with Crippen molar-refractivity contribution in [3.05, 3.63) is 0 Å². The van der Waals surface area contributed by atoms with Gasteiger partial charge in [-0.1, -0.05) is 40.5 Å². The first-order chi connectivity index (χ1) is 7.92. The number of carboxylic acid groups (broad SMARTS) is 1. The van der Waals surface area contributed by atoms with Gasteiger partial charge in [-0.25, -0.2) is 0 Å². The summed E-state index contributed by atoms with van der Waals surface area (Å²) in [6.07, 6.45) is 2.09. The molecule has 2 atom stereocenters. The number of hydrogen-bond donors (Lipinski definition) is 2. The van der Waals surface area contributed by atoms with Crippen molar-refractivity contribution in [1.82, 2.24) is 5.32 Å². The lowest BCUT2D eigenvalue weighted by Gasteiger charge is -2.21. The molecule has 4 heteroatoms. The minimum absolute atomic E-state index is 0.00188. The highest BCUT2D eigenvalue weighted by Gasteiger charge is 2.21. The molecule has 0 aromatic carbocycles. The summed E-state index contributed by atoms with van der Waals surface area (Å²) in [7, 11) is 0. The fourth-order valence-corrected chi connectivity index (χ4v) is 2.02. The van der Waals surface area contributed by atoms with E-state index in [1.165, 1.54) is 0 Å². The minimum atomic E-state index is -0.820. The highest BCUT2D eigenvalue weighted by molar-refractivity contribution is 5.78. The molecule has 0 aliphatic rings. The number of aliphatic carboxylic acids is 1. The van der Waals surface area contributed by atoms with Crippen molar-refractivity contribution in [2.45, 2.75) is 47.0 Å². The van der Waals surface area contributed by atoms with E-state index >= 15 is 0 Å². The SMILES string of the molecule is CCC(CC)C(C)C(=O)NCC(C)CC(=O)O. The maximum absolute atomic E-state index is 11.8. The van der Waals surface area contributed by atoms with Gasteiger partial charge in [0, 0.05) is 18.9 Å². The molecule has 0 rings (SSSR count). The van der Waals surface area contributed by atoms with E-state index in [0.29, 0.717) is 12.5 Å². The Hall–Kier alpha value is -1.06. The van der Waals surface area contributed by atoms with Crippen molar-refractivity contribution < 1.29 is 14.7 Å². The van der Waals surface area contributed by atoms with Gasteiger partial charge in [-0.15, -0.1) is 0 Å². The van der Waals surface area contributed by atoms with Crippen LogP contribution in [0.1, 0.15) is 47.0 Å². The van der Waals surface area contributed by atoms with Gasteiger partial charge in [0.05, 0.1) is 0 Å². The van der Waals surface area contributed by atoms with Gasteiger partial charge in [-0.2, -0.15) is 0 Å². The van der Waals surface area contributed by atoms with E-state index in [1.54, 1.807) is 0 Å². The molecule has 1 amide bonds. The maximum Gasteiger partial charge on any atom is 0.303 e. The van der Waals surface area contributed by atoms with E-state index in [2.05, 4.69) is 19.2 Å². The van der Waals surface area contributed by atoms with Crippen LogP contribution in [0.5, 0.6) is 0 Å². The van der Waals surface area contributed by atoms with E-state index < -0.39 is 5.97 Å². The zero-order chi connectivity index (χ0) is 13.4. The maximum atomic E-state index is 11.8. The lowest BCUT2D eigenvalue weighted by Crippen LogP contribution is -2.36. The van der Waals surface area contributed by atoms with E-state index in [4.69, 9.17) is 5.11 Å². The van der Waals surface area contributed by atoms with Crippen molar-refractivity contribution in [1.29, 1.82) is 0 Å². The molecule has 4 nitrogen and oxygen atoms in total. The Morgan fingerprint density at radius 3 is 2.12 bits per heavy atom. The topological polar surface area (TPSA) is 66.4 Å². The van der Waals surface area contributed by atoms with Crippen LogP contribution in [0.2, 0.25) is 0 Å². The molecule has 0 aliphatic carbocycles. The number of rotatable bonds is 8. The van der Waals surface area contributed by atoms with E-state index in [9.17, 15) is 9.59 Å². The third kappa shape index (κ3) is 6.29. The average Bonchev–Trinajstić information content (AvgIpc) is 2.26. The molecule has 0 aromatic rings. The van der Waals surface area contributed by atoms with E-state index in [1.807, 2.05) is 13.8 Å². The second kappa shape index (κ2) is 8.09. The first-order valence-corrected chi connectivity index (χ1v) is 6.41. The predicted octanol–water partition coefficient (Wildman–Crippen LogP) is 2.29. The summed E-state index contributed by atoms with van der Waals surface area (Å²) in [6, 6.07) is 0. The third-order valence-electron chi connectivity index (χ3n) is 3.32. The first-order valence-electron chi connectivity index (χ1n) is 6.41. The van der Waals surface area contributed by atoms with Crippen molar-refractivity contribution in [2.75, 3.05) is 6.54 Å². The molecule has 0 aromatic heterocycles. The molecule has 0 aliphatic heterocycles. The highest BCUT2D eigenvalue weighted by atomic mass is 16.4. The molecule has 2 N–H and O–H groups in total. The lowest BCUT2D eigenvalue weighted by molar-refractivity contribution is -0.138. The second-order valence-electron chi connectivity index (χ2n) is 4.81. The van der Waals surface area contributed by atoms with Gasteiger partial charge in [-0.3, -0.25) is 9.59 Å². The van der Waals surface area contributed by atoms with E-state index in [-0.39, 0.29) is 24.2 Å². The molecule has 0 saturated heterocycles. The molecule has 0 saturated carbocycles. The van der Waals surface area contributed by atoms with Gasteiger partial charge in [0.15, 0.2) is 0 Å². The van der Waals surface area contributed by atoms with Crippen molar-refractivity contribution in [2.24, 2.45) is 17.8 Å². The number of nitrogens with one attached hydrogen (secondary N) is 1. The van der Waals surface area contributed by atoms with Crippen LogP contribution in [0, 0.1) is 17.8 Å². The fraction of sp³-hybridized carbons (Fsp3) is 0.846. The Morgan fingerprint density at radius 1 is 1.18 bits per heavy atom. The number of hydrogen-bond acceptors (Lipinski definition) is 2. The van der Waals surface area contributed by atoms with E-state index in [0.717, 1.165) is 12.8 Å². The Labute approximate surface area is 104 Å². The van der Waals surface area contributed by atoms with Crippen LogP contribution in [-0.2, 0) is 9.59 Å². The van der Waals surface area contributed by atoms with Crippen LogP contribution in [-0.4, -0.2) is 23.5 Å². The molecule has 100 valence electrons. The molecule has 0 bridgehead atoms. The van der Waals surface area contributed by atoms with Gasteiger partial charge < -0.3 is 10.4 Å². The standard InChI is InChI=1S/C13H25NO3/c1-5-11(6-2)10(4)13(17)14-8-9(3)7-12(15)16/h9-11H,5-8H2,1-4H3,(H,14,17)(H,15,16). The highest BCUT2D eigenvalue weighted by Crippen LogP contribution is 2.19. The van der Waals surface area contributed by atoms with Gasteiger partial charge >= 0.3 is 5.97 Å². The molecule has 0 spiro atoms. The molecule has 0 heterocycles. The molecule has 0 radical (unpaired) electrons. The summed E-state index contributed by atoms with van der Waals surface area (Å²) in [5.74, 6) is -0.395. The van der Waals surface area contributed by atoms with Crippen LogP contribution in [0.3, 0.4) is 0 Å². The molecular formula is C13H25NO3. The quantitative estimate of drug-likeness (QED) is 0.687. The molecule has 2 unspecified atom stereocenters.